The predicted octanol–water partition coefficient (Wildman–Crippen LogP) is 4.06. The van der Waals surface area contributed by atoms with Crippen molar-refractivity contribution >= 4 is 22.7 Å². The molecule has 21 heavy (non-hydrogen) atoms. The number of nitrogens with one attached hydrogen (secondary N) is 1. The van der Waals surface area contributed by atoms with Crippen LogP contribution in [-0.2, 0) is 7.05 Å². The number of rotatable bonds is 3. The summed E-state index contributed by atoms with van der Waals surface area (Å²) in [5.41, 5.74) is 4.78. The van der Waals surface area contributed by atoms with Crippen molar-refractivity contribution in [2.24, 2.45) is 7.05 Å². The highest BCUT2D eigenvalue weighted by molar-refractivity contribution is 5.77. The van der Waals surface area contributed by atoms with Gasteiger partial charge in [-0.2, -0.15) is 4.57 Å². The second-order valence-corrected chi connectivity index (χ2v) is 5.22. The average Bonchev–Trinajstić information content (AvgIpc) is 2.50. The minimum Gasteiger partial charge on any atom is -0.361 e. The minimum absolute atomic E-state index is 1.09. The van der Waals surface area contributed by atoms with Crippen molar-refractivity contribution in [3.05, 3.63) is 78.1 Å². The molecule has 0 amide bonds. The molecule has 0 aliphatic heterocycles. The van der Waals surface area contributed by atoms with Gasteiger partial charge in [-0.15, -0.1) is 0 Å². The van der Waals surface area contributed by atoms with E-state index in [2.05, 4.69) is 60.3 Å². The quantitative estimate of drug-likeness (QED) is 0.713. The minimum atomic E-state index is 1.09. The van der Waals surface area contributed by atoms with Crippen LogP contribution in [0.3, 0.4) is 0 Å². The van der Waals surface area contributed by atoms with Gasteiger partial charge in [0.15, 0.2) is 0 Å². The Morgan fingerprint density at radius 1 is 0.952 bits per heavy atom. The molecule has 0 atom stereocenters. The fourth-order valence-electron chi connectivity index (χ4n) is 2.46. The van der Waals surface area contributed by atoms with Gasteiger partial charge in [0.05, 0.1) is 0 Å². The number of nitrogens with zero attached hydrogens (tertiary/aromatic N) is 1. The standard InChI is InChI=1S/C19H18N2/c1-15-8-11-19-16(14-15)9-10-18(21(19)2)12-13-20-17-6-4-3-5-7-17/h3-14H,1-2H3/p+1. The first-order valence-corrected chi connectivity index (χ1v) is 7.11. The molecule has 3 aromatic rings. The van der Waals surface area contributed by atoms with Crippen LogP contribution in [0.25, 0.3) is 17.0 Å². The van der Waals surface area contributed by atoms with E-state index in [1.54, 1.807) is 0 Å². The lowest BCUT2D eigenvalue weighted by Gasteiger charge is -2.02. The summed E-state index contributed by atoms with van der Waals surface area (Å²) in [6.45, 7) is 2.12. The van der Waals surface area contributed by atoms with Crippen molar-refractivity contribution in [2.75, 3.05) is 5.32 Å². The molecule has 2 nitrogen and oxygen atoms in total. The van der Waals surface area contributed by atoms with Crippen molar-refractivity contribution < 1.29 is 4.57 Å². The van der Waals surface area contributed by atoms with E-state index in [9.17, 15) is 0 Å². The largest absolute Gasteiger partial charge is 0.361 e. The third-order valence-electron chi connectivity index (χ3n) is 3.64. The number of aryl methyl sites for hydroxylation is 2. The van der Waals surface area contributed by atoms with Crippen molar-refractivity contribution in [3.8, 4) is 0 Å². The van der Waals surface area contributed by atoms with Gasteiger partial charge in [-0.25, -0.2) is 0 Å². The number of fused-ring (bicyclic) bond motifs is 1. The topological polar surface area (TPSA) is 15.9 Å². The molecule has 2 heteroatoms. The van der Waals surface area contributed by atoms with Gasteiger partial charge in [0.2, 0.25) is 11.2 Å². The van der Waals surface area contributed by atoms with Crippen LogP contribution in [0.15, 0.2) is 66.9 Å². The highest BCUT2D eigenvalue weighted by Gasteiger charge is 2.08. The number of para-hydroxylation sites is 1. The number of anilines is 1. The highest BCUT2D eigenvalue weighted by atomic mass is 14.9. The van der Waals surface area contributed by atoms with Crippen LogP contribution in [0.5, 0.6) is 0 Å². The van der Waals surface area contributed by atoms with Gasteiger partial charge < -0.3 is 5.32 Å². The summed E-state index contributed by atoms with van der Waals surface area (Å²) in [6, 6.07) is 21.0. The van der Waals surface area contributed by atoms with Crippen LogP contribution < -0.4 is 9.88 Å². The third-order valence-corrected chi connectivity index (χ3v) is 3.64. The summed E-state index contributed by atoms with van der Waals surface area (Å²) in [6.07, 6.45) is 4.07. The zero-order valence-electron chi connectivity index (χ0n) is 12.4. The van der Waals surface area contributed by atoms with E-state index in [1.165, 1.54) is 16.5 Å². The Morgan fingerprint density at radius 3 is 2.57 bits per heavy atom. The van der Waals surface area contributed by atoms with E-state index in [4.69, 9.17) is 0 Å². The third kappa shape index (κ3) is 2.95. The first kappa shape index (κ1) is 13.4. The Balaban J connectivity index is 1.87. The van der Waals surface area contributed by atoms with Crippen LogP contribution in [0.1, 0.15) is 11.3 Å². The zero-order chi connectivity index (χ0) is 14.7. The molecule has 0 spiro atoms. The van der Waals surface area contributed by atoms with Crippen molar-refractivity contribution in [1.82, 2.24) is 0 Å². The summed E-state index contributed by atoms with van der Waals surface area (Å²) in [7, 11) is 2.10. The van der Waals surface area contributed by atoms with Crippen LogP contribution >= 0.6 is 0 Å². The Labute approximate surface area is 125 Å². The molecule has 0 radical (unpaired) electrons. The van der Waals surface area contributed by atoms with Gasteiger partial charge in [-0.1, -0.05) is 29.8 Å². The summed E-state index contributed by atoms with van der Waals surface area (Å²) < 4.78 is 2.21. The lowest BCUT2D eigenvalue weighted by atomic mass is 10.1. The molecule has 1 N–H and O–H groups in total. The lowest BCUT2D eigenvalue weighted by molar-refractivity contribution is -0.646. The van der Waals surface area contributed by atoms with E-state index in [0.29, 0.717) is 0 Å². The SMILES string of the molecule is Cc1ccc2c(ccc(/C=C/Nc3ccccc3)[n+]2C)c1. The summed E-state index contributed by atoms with van der Waals surface area (Å²) in [5.74, 6) is 0. The summed E-state index contributed by atoms with van der Waals surface area (Å²) in [4.78, 5) is 0. The van der Waals surface area contributed by atoms with E-state index < -0.39 is 0 Å². The van der Waals surface area contributed by atoms with Crippen molar-refractivity contribution in [2.45, 2.75) is 6.92 Å². The van der Waals surface area contributed by atoms with Gasteiger partial charge in [0, 0.05) is 35.5 Å². The normalized spacial score (nSPS) is 11.1. The van der Waals surface area contributed by atoms with Crippen molar-refractivity contribution in [1.29, 1.82) is 0 Å². The molecular formula is C19H19N2+. The number of pyridine rings is 1. The average molecular weight is 275 g/mol. The van der Waals surface area contributed by atoms with Crippen LogP contribution in [0.2, 0.25) is 0 Å². The first-order valence-electron chi connectivity index (χ1n) is 7.11. The molecule has 3 rings (SSSR count). The molecule has 0 fully saturated rings. The molecular weight excluding hydrogens is 256 g/mol. The molecule has 0 aliphatic rings. The predicted molar refractivity (Wildman–Crippen MR) is 89.0 cm³/mol. The van der Waals surface area contributed by atoms with Crippen molar-refractivity contribution in [3.63, 3.8) is 0 Å². The second-order valence-electron chi connectivity index (χ2n) is 5.22. The number of hydrogen-bond donors (Lipinski definition) is 1. The number of benzene rings is 2. The summed E-state index contributed by atoms with van der Waals surface area (Å²) >= 11 is 0. The lowest BCUT2D eigenvalue weighted by Crippen LogP contribution is -2.32. The van der Waals surface area contributed by atoms with E-state index in [0.717, 1.165) is 11.4 Å². The van der Waals surface area contributed by atoms with Gasteiger partial charge in [-0.3, -0.25) is 0 Å². The summed E-state index contributed by atoms with van der Waals surface area (Å²) in [5, 5.41) is 4.55. The van der Waals surface area contributed by atoms with E-state index in [1.807, 2.05) is 36.5 Å². The molecule has 0 bridgehead atoms. The van der Waals surface area contributed by atoms with E-state index >= 15 is 0 Å². The Hall–Kier alpha value is -2.61. The molecule has 1 aromatic heterocycles. The fraction of sp³-hybridized carbons (Fsp3) is 0.105. The maximum Gasteiger partial charge on any atom is 0.212 e. The van der Waals surface area contributed by atoms with Gasteiger partial charge >= 0.3 is 0 Å². The maximum atomic E-state index is 3.28. The highest BCUT2D eigenvalue weighted by Crippen LogP contribution is 2.13. The second kappa shape index (κ2) is 5.80. The zero-order valence-corrected chi connectivity index (χ0v) is 12.4. The number of hydrogen-bond acceptors (Lipinski definition) is 1. The van der Waals surface area contributed by atoms with E-state index in [-0.39, 0.29) is 0 Å². The monoisotopic (exact) mass is 275 g/mol. The molecule has 2 aromatic carbocycles. The molecule has 0 unspecified atom stereocenters. The molecule has 1 heterocycles. The van der Waals surface area contributed by atoms with Crippen LogP contribution in [-0.4, -0.2) is 0 Å². The first-order chi connectivity index (χ1) is 10.2. The molecule has 0 aliphatic carbocycles. The Kier molecular flexibility index (Phi) is 3.69. The van der Waals surface area contributed by atoms with Gasteiger partial charge in [0.25, 0.3) is 0 Å². The Morgan fingerprint density at radius 2 is 1.76 bits per heavy atom. The number of aromatic nitrogens is 1. The molecule has 0 saturated carbocycles. The van der Waals surface area contributed by atoms with Crippen LogP contribution in [0.4, 0.5) is 5.69 Å². The van der Waals surface area contributed by atoms with Gasteiger partial charge in [0.1, 0.15) is 7.05 Å². The smallest absolute Gasteiger partial charge is 0.212 e. The Bertz CT molecular complexity index is 789. The van der Waals surface area contributed by atoms with Gasteiger partial charge in [-0.05, 0) is 31.2 Å². The van der Waals surface area contributed by atoms with Crippen LogP contribution in [0, 0.1) is 6.92 Å². The fourth-order valence-corrected chi connectivity index (χ4v) is 2.46. The maximum absolute atomic E-state index is 3.28. The molecule has 0 saturated heterocycles. The molecule has 104 valence electrons.